The highest BCUT2D eigenvalue weighted by atomic mass is 19.1. The lowest BCUT2D eigenvalue weighted by Crippen LogP contribution is -2.01. The Morgan fingerprint density at radius 3 is 2.27 bits per heavy atom. The second-order valence-corrected chi connectivity index (χ2v) is 6.79. The van der Waals surface area contributed by atoms with E-state index in [0.29, 0.717) is 28.7 Å². The Labute approximate surface area is 172 Å². The summed E-state index contributed by atoms with van der Waals surface area (Å²) in [6, 6.07) is 8.83. The van der Waals surface area contributed by atoms with Crippen LogP contribution in [-0.4, -0.2) is 28.8 Å². The molecule has 8 heteroatoms. The standard InChI is InChI=1S/C22H20F2N4O2/c1-12-13(2)28(17-8-14(23)7-15(24)9-17)22-20(12)21(25-11-26-22)27-16-5-6-18(29-3)19(10-16)30-4/h5-11H,1-4H3,(H,25,26,27). The Kier molecular flexibility index (Phi) is 4.99. The van der Waals surface area contributed by atoms with Crippen LogP contribution < -0.4 is 14.8 Å². The number of fused-ring (bicyclic) bond motifs is 1. The molecular formula is C22H20F2N4O2. The molecule has 2 aromatic carbocycles. The number of hydrogen-bond acceptors (Lipinski definition) is 5. The van der Waals surface area contributed by atoms with Crippen molar-refractivity contribution in [3.05, 3.63) is 65.6 Å². The summed E-state index contributed by atoms with van der Waals surface area (Å²) in [6.45, 7) is 3.80. The van der Waals surface area contributed by atoms with E-state index in [1.807, 2.05) is 19.9 Å². The zero-order valence-electron chi connectivity index (χ0n) is 17.0. The summed E-state index contributed by atoms with van der Waals surface area (Å²) in [5, 5.41) is 4.04. The highest BCUT2D eigenvalue weighted by molar-refractivity contribution is 5.94. The van der Waals surface area contributed by atoms with Crippen LogP contribution in [0.2, 0.25) is 0 Å². The second-order valence-electron chi connectivity index (χ2n) is 6.79. The number of halogens is 2. The minimum absolute atomic E-state index is 0.360. The van der Waals surface area contributed by atoms with Crippen molar-refractivity contribution < 1.29 is 18.3 Å². The van der Waals surface area contributed by atoms with Crippen LogP contribution in [0.3, 0.4) is 0 Å². The molecule has 0 bridgehead atoms. The number of anilines is 2. The van der Waals surface area contributed by atoms with Crippen LogP contribution in [0.25, 0.3) is 16.7 Å². The molecule has 0 unspecified atom stereocenters. The molecule has 0 fully saturated rings. The Balaban J connectivity index is 1.86. The molecule has 0 saturated heterocycles. The molecule has 0 aliphatic carbocycles. The molecule has 0 saturated carbocycles. The Morgan fingerprint density at radius 2 is 1.60 bits per heavy atom. The second kappa shape index (κ2) is 7.62. The van der Waals surface area contributed by atoms with E-state index in [-0.39, 0.29) is 0 Å². The zero-order valence-corrected chi connectivity index (χ0v) is 17.0. The Morgan fingerprint density at radius 1 is 0.900 bits per heavy atom. The molecule has 0 atom stereocenters. The number of methoxy groups -OCH3 is 2. The van der Waals surface area contributed by atoms with Gasteiger partial charge in [-0.3, -0.25) is 4.57 Å². The minimum Gasteiger partial charge on any atom is -0.493 e. The summed E-state index contributed by atoms with van der Waals surface area (Å²) in [5.74, 6) is 0.461. The fourth-order valence-electron chi connectivity index (χ4n) is 3.53. The van der Waals surface area contributed by atoms with Gasteiger partial charge in [0.1, 0.15) is 23.8 Å². The van der Waals surface area contributed by atoms with Gasteiger partial charge in [0.15, 0.2) is 17.1 Å². The Hall–Kier alpha value is -3.68. The van der Waals surface area contributed by atoms with Gasteiger partial charge in [0, 0.05) is 23.5 Å². The third-order valence-corrected chi connectivity index (χ3v) is 5.04. The number of aryl methyl sites for hydroxylation is 1. The molecule has 0 spiro atoms. The third kappa shape index (κ3) is 3.30. The quantitative estimate of drug-likeness (QED) is 0.497. The molecule has 6 nitrogen and oxygen atoms in total. The van der Waals surface area contributed by atoms with Crippen molar-refractivity contribution in [1.82, 2.24) is 14.5 Å². The SMILES string of the molecule is COc1ccc(Nc2ncnc3c2c(C)c(C)n3-c2cc(F)cc(F)c2)cc1OC. The van der Waals surface area contributed by atoms with Gasteiger partial charge < -0.3 is 14.8 Å². The molecule has 4 rings (SSSR count). The first-order valence-corrected chi connectivity index (χ1v) is 9.21. The molecule has 0 aliphatic heterocycles. The van der Waals surface area contributed by atoms with E-state index in [4.69, 9.17) is 9.47 Å². The number of nitrogens with zero attached hydrogens (tertiary/aromatic N) is 3. The molecular weight excluding hydrogens is 390 g/mol. The predicted octanol–water partition coefficient (Wildman–Crippen LogP) is 5.08. The topological polar surface area (TPSA) is 61.2 Å². The molecule has 154 valence electrons. The van der Waals surface area contributed by atoms with Gasteiger partial charge in [0.25, 0.3) is 0 Å². The lowest BCUT2D eigenvalue weighted by Gasteiger charge is -2.12. The molecule has 2 heterocycles. The lowest BCUT2D eigenvalue weighted by atomic mass is 10.2. The van der Waals surface area contributed by atoms with E-state index in [1.165, 1.54) is 18.5 Å². The van der Waals surface area contributed by atoms with Gasteiger partial charge >= 0.3 is 0 Å². The van der Waals surface area contributed by atoms with Crippen LogP contribution in [0.4, 0.5) is 20.3 Å². The van der Waals surface area contributed by atoms with Gasteiger partial charge in [-0.1, -0.05) is 0 Å². The largest absolute Gasteiger partial charge is 0.493 e. The molecule has 0 radical (unpaired) electrons. The van der Waals surface area contributed by atoms with E-state index in [0.717, 1.165) is 28.4 Å². The number of hydrogen-bond donors (Lipinski definition) is 1. The summed E-state index contributed by atoms with van der Waals surface area (Å²) >= 11 is 0. The van der Waals surface area contributed by atoms with Crippen LogP contribution in [0.5, 0.6) is 11.5 Å². The van der Waals surface area contributed by atoms with Crippen molar-refractivity contribution in [3.8, 4) is 17.2 Å². The Bertz CT molecular complexity index is 1230. The molecule has 0 amide bonds. The van der Waals surface area contributed by atoms with Crippen LogP contribution in [0, 0.1) is 25.5 Å². The fourth-order valence-corrected chi connectivity index (χ4v) is 3.53. The van der Waals surface area contributed by atoms with Crippen LogP contribution in [-0.2, 0) is 0 Å². The number of nitrogens with one attached hydrogen (secondary N) is 1. The van der Waals surface area contributed by atoms with Gasteiger partial charge in [0.2, 0.25) is 0 Å². The summed E-state index contributed by atoms with van der Waals surface area (Å²) in [5.41, 5.74) is 3.37. The molecule has 4 aromatic rings. The maximum atomic E-state index is 13.8. The number of benzene rings is 2. The molecule has 0 aliphatic rings. The monoisotopic (exact) mass is 410 g/mol. The minimum atomic E-state index is -0.651. The van der Waals surface area contributed by atoms with Crippen LogP contribution in [0.1, 0.15) is 11.3 Å². The summed E-state index contributed by atoms with van der Waals surface area (Å²) in [4.78, 5) is 8.77. The van der Waals surface area contributed by atoms with E-state index in [1.54, 1.807) is 30.9 Å². The van der Waals surface area contributed by atoms with Crippen LogP contribution >= 0.6 is 0 Å². The molecule has 2 aromatic heterocycles. The maximum absolute atomic E-state index is 13.8. The normalized spacial score (nSPS) is 11.0. The van der Waals surface area contributed by atoms with Crippen molar-refractivity contribution in [3.63, 3.8) is 0 Å². The van der Waals surface area contributed by atoms with Crippen molar-refractivity contribution in [1.29, 1.82) is 0 Å². The highest BCUT2D eigenvalue weighted by Crippen LogP contribution is 2.35. The fraction of sp³-hybridized carbons (Fsp3) is 0.182. The smallest absolute Gasteiger partial charge is 0.162 e. The predicted molar refractivity (Wildman–Crippen MR) is 111 cm³/mol. The number of ether oxygens (including phenoxy) is 2. The average Bonchev–Trinajstić information content (AvgIpc) is 2.98. The first-order valence-electron chi connectivity index (χ1n) is 9.21. The van der Waals surface area contributed by atoms with Gasteiger partial charge in [0.05, 0.1) is 25.3 Å². The van der Waals surface area contributed by atoms with Gasteiger partial charge in [-0.05, 0) is 43.7 Å². The van der Waals surface area contributed by atoms with E-state index in [9.17, 15) is 8.78 Å². The first kappa shape index (κ1) is 19.6. The molecule has 1 N–H and O–H groups in total. The number of aromatic nitrogens is 3. The first-order chi connectivity index (χ1) is 14.4. The zero-order chi connectivity index (χ0) is 21.4. The molecule has 30 heavy (non-hydrogen) atoms. The highest BCUT2D eigenvalue weighted by Gasteiger charge is 2.19. The third-order valence-electron chi connectivity index (χ3n) is 5.04. The van der Waals surface area contributed by atoms with E-state index in [2.05, 4.69) is 15.3 Å². The van der Waals surface area contributed by atoms with Gasteiger partial charge in [-0.2, -0.15) is 0 Å². The lowest BCUT2D eigenvalue weighted by molar-refractivity contribution is 0.355. The van der Waals surface area contributed by atoms with Gasteiger partial charge in [-0.25, -0.2) is 18.7 Å². The summed E-state index contributed by atoms with van der Waals surface area (Å²) < 4.78 is 40.0. The van der Waals surface area contributed by atoms with Crippen molar-refractivity contribution in [2.24, 2.45) is 0 Å². The van der Waals surface area contributed by atoms with Gasteiger partial charge in [-0.15, -0.1) is 0 Å². The summed E-state index contributed by atoms with van der Waals surface area (Å²) in [7, 11) is 3.14. The van der Waals surface area contributed by atoms with Crippen molar-refractivity contribution in [2.75, 3.05) is 19.5 Å². The maximum Gasteiger partial charge on any atom is 0.162 e. The van der Waals surface area contributed by atoms with E-state index < -0.39 is 11.6 Å². The van der Waals surface area contributed by atoms with Crippen molar-refractivity contribution in [2.45, 2.75) is 13.8 Å². The van der Waals surface area contributed by atoms with Crippen molar-refractivity contribution >= 4 is 22.5 Å². The number of rotatable bonds is 5. The summed E-state index contributed by atoms with van der Waals surface area (Å²) in [6.07, 6.45) is 1.41. The van der Waals surface area contributed by atoms with E-state index >= 15 is 0 Å². The average molecular weight is 410 g/mol. The van der Waals surface area contributed by atoms with Crippen LogP contribution in [0.15, 0.2) is 42.7 Å².